The van der Waals surface area contributed by atoms with Crippen LogP contribution in [0.3, 0.4) is 0 Å². The Kier molecular flexibility index (Phi) is 6.39. The van der Waals surface area contributed by atoms with Crippen LogP contribution in [0.2, 0.25) is 0 Å². The molecule has 8 heteroatoms. The summed E-state index contributed by atoms with van der Waals surface area (Å²) in [5, 5.41) is 6.60. The number of aromatic nitrogens is 1. The standard InChI is InChI=1S/C27H29N5O3/c1-4-32-23-8-6-5-7-19(23)20-13-17(9-11-24(20)32)16-28-31-27(33)22-15-21(29-30-22)18-10-12-25(34-2)26(14-18)35-3/h5-14,16,21-22,29-30H,4,15H2,1-3H3,(H,31,33)/b28-16+. The van der Waals surface area contributed by atoms with Gasteiger partial charge in [-0.1, -0.05) is 30.3 Å². The normalized spacial score (nSPS) is 17.9. The first-order valence-electron chi connectivity index (χ1n) is 11.7. The summed E-state index contributed by atoms with van der Waals surface area (Å²) in [7, 11) is 3.21. The third-order valence-electron chi connectivity index (χ3n) is 6.53. The van der Waals surface area contributed by atoms with E-state index in [0.29, 0.717) is 17.9 Å². The molecule has 0 saturated carbocycles. The number of aryl methyl sites for hydroxylation is 1. The van der Waals surface area contributed by atoms with Crippen molar-refractivity contribution in [3.05, 3.63) is 71.8 Å². The van der Waals surface area contributed by atoms with Crippen LogP contribution in [-0.4, -0.2) is 37.0 Å². The molecule has 2 atom stereocenters. The van der Waals surface area contributed by atoms with Crippen molar-refractivity contribution >= 4 is 33.9 Å². The molecule has 2 heterocycles. The second-order valence-corrected chi connectivity index (χ2v) is 8.52. The molecule has 1 aliphatic rings. The minimum atomic E-state index is -0.407. The molecule has 0 spiro atoms. The highest BCUT2D eigenvalue weighted by Crippen LogP contribution is 2.32. The predicted octanol–water partition coefficient (Wildman–Crippen LogP) is 3.89. The third kappa shape index (κ3) is 4.34. The summed E-state index contributed by atoms with van der Waals surface area (Å²) in [5.41, 5.74) is 13.3. The number of para-hydroxylation sites is 1. The van der Waals surface area contributed by atoms with E-state index in [2.05, 4.69) is 69.3 Å². The molecule has 0 bridgehead atoms. The van der Waals surface area contributed by atoms with Gasteiger partial charge in [0.25, 0.3) is 5.91 Å². The first kappa shape index (κ1) is 22.9. The van der Waals surface area contributed by atoms with Crippen molar-refractivity contribution in [1.82, 2.24) is 20.8 Å². The average molecular weight is 472 g/mol. The van der Waals surface area contributed by atoms with Crippen molar-refractivity contribution in [1.29, 1.82) is 0 Å². The van der Waals surface area contributed by atoms with Crippen LogP contribution in [0.4, 0.5) is 0 Å². The Hall–Kier alpha value is -3.88. The fourth-order valence-corrected chi connectivity index (χ4v) is 4.76. The molecule has 1 amide bonds. The molecular formula is C27H29N5O3. The van der Waals surface area contributed by atoms with Crippen LogP contribution in [-0.2, 0) is 11.3 Å². The number of carbonyl (C=O) groups excluding carboxylic acids is 1. The molecule has 8 nitrogen and oxygen atoms in total. The SMILES string of the molecule is CCn1c2ccccc2c2cc(/C=N/NC(=O)C3CC(c4ccc(OC)c(OC)c4)NN3)ccc21. The zero-order chi connectivity index (χ0) is 24.4. The number of rotatable bonds is 7. The molecule has 3 aromatic carbocycles. The lowest BCUT2D eigenvalue weighted by molar-refractivity contribution is -0.122. The maximum absolute atomic E-state index is 12.7. The minimum Gasteiger partial charge on any atom is -0.493 e. The second kappa shape index (κ2) is 9.77. The lowest BCUT2D eigenvalue weighted by atomic mass is 10.0. The molecule has 5 rings (SSSR count). The van der Waals surface area contributed by atoms with E-state index in [1.807, 2.05) is 24.3 Å². The topological polar surface area (TPSA) is 88.9 Å². The van der Waals surface area contributed by atoms with Crippen LogP contribution in [0, 0.1) is 0 Å². The Balaban J connectivity index is 1.25. The van der Waals surface area contributed by atoms with Crippen LogP contribution in [0.25, 0.3) is 21.8 Å². The summed E-state index contributed by atoms with van der Waals surface area (Å²) in [6.45, 7) is 3.05. The summed E-state index contributed by atoms with van der Waals surface area (Å²) in [6.07, 6.45) is 2.27. The second-order valence-electron chi connectivity index (χ2n) is 8.52. The summed E-state index contributed by atoms with van der Waals surface area (Å²) >= 11 is 0. The molecule has 1 aromatic heterocycles. The Morgan fingerprint density at radius 1 is 1.03 bits per heavy atom. The van der Waals surface area contributed by atoms with Gasteiger partial charge in [0.1, 0.15) is 6.04 Å². The van der Waals surface area contributed by atoms with E-state index in [1.54, 1.807) is 20.4 Å². The van der Waals surface area contributed by atoms with Crippen molar-refractivity contribution in [2.24, 2.45) is 5.10 Å². The van der Waals surface area contributed by atoms with Gasteiger partial charge < -0.3 is 14.0 Å². The summed E-state index contributed by atoms with van der Waals surface area (Å²) in [6, 6.07) is 19.9. The maximum Gasteiger partial charge on any atom is 0.258 e. The number of nitrogens with zero attached hydrogens (tertiary/aromatic N) is 2. The van der Waals surface area contributed by atoms with Crippen LogP contribution in [0.15, 0.2) is 65.8 Å². The lowest BCUT2D eigenvalue weighted by Gasteiger charge is -2.13. The molecule has 0 radical (unpaired) electrons. The molecule has 180 valence electrons. The number of nitrogens with one attached hydrogen (secondary N) is 3. The van der Waals surface area contributed by atoms with Crippen molar-refractivity contribution in [2.75, 3.05) is 14.2 Å². The average Bonchev–Trinajstić information content (AvgIpc) is 3.51. The minimum absolute atomic E-state index is 0.0344. The number of fused-ring (bicyclic) bond motifs is 3. The number of hydrogen-bond acceptors (Lipinski definition) is 6. The number of methoxy groups -OCH3 is 2. The maximum atomic E-state index is 12.7. The van der Waals surface area contributed by atoms with E-state index in [1.165, 1.54) is 21.8 Å². The molecule has 4 aromatic rings. The highest BCUT2D eigenvalue weighted by Gasteiger charge is 2.30. The van der Waals surface area contributed by atoms with Crippen molar-refractivity contribution in [3.8, 4) is 11.5 Å². The van der Waals surface area contributed by atoms with Gasteiger partial charge in [0.2, 0.25) is 0 Å². The fourth-order valence-electron chi connectivity index (χ4n) is 4.76. The molecule has 1 fully saturated rings. The van der Waals surface area contributed by atoms with Gasteiger partial charge in [-0.05, 0) is 54.8 Å². The van der Waals surface area contributed by atoms with E-state index in [4.69, 9.17) is 9.47 Å². The number of carbonyl (C=O) groups is 1. The van der Waals surface area contributed by atoms with Crippen LogP contribution >= 0.6 is 0 Å². The first-order chi connectivity index (χ1) is 17.1. The van der Waals surface area contributed by atoms with Gasteiger partial charge in [-0.2, -0.15) is 5.10 Å². The summed E-state index contributed by atoms with van der Waals surface area (Å²) < 4.78 is 13.0. The van der Waals surface area contributed by atoms with Crippen LogP contribution in [0.5, 0.6) is 11.5 Å². The number of benzene rings is 3. The first-order valence-corrected chi connectivity index (χ1v) is 11.7. The number of hydrogen-bond donors (Lipinski definition) is 3. The van der Waals surface area contributed by atoms with E-state index >= 15 is 0 Å². The van der Waals surface area contributed by atoms with Gasteiger partial charge in [-0.15, -0.1) is 0 Å². The largest absolute Gasteiger partial charge is 0.493 e. The van der Waals surface area contributed by atoms with E-state index in [9.17, 15) is 4.79 Å². The zero-order valence-corrected chi connectivity index (χ0v) is 20.0. The highest BCUT2D eigenvalue weighted by atomic mass is 16.5. The molecule has 35 heavy (non-hydrogen) atoms. The Morgan fingerprint density at radius 3 is 2.63 bits per heavy atom. The fraction of sp³-hybridized carbons (Fsp3) is 0.259. The summed E-state index contributed by atoms with van der Waals surface area (Å²) in [5.74, 6) is 1.13. The third-order valence-corrected chi connectivity index (χ3v) is 6.53. The summed E-state index contributed by atoms with van der Waals surface area (Å²) in [4.78, 5) is 12.7. The molecule has 1 saturated heterocycles. The van der Waals surface area contributed by atoms with E-state index in [0.717, 1.165) is 17.7 Å². The van der Waals surface area contributed by atoms with Gasteiger partial charge in [0.15, 0.2) is 11.5 Å². The Morgan fingerprint density at radius 2 is 1.83 bits per heavy atom. The molecule has 1 aliphatic heterocycles. The Labute approximate surface area is 203 Å². The van der Waals surface area contributed by atoms with Crippen LogP contribution < -0.4 is 25.8 Å². The number of ether oxygens (including phenoxy) is 2. The van der Waals surface area contributed by atoms with E-state index < -0.39 is 6.04 Å². The Bertz CT molecular complexity index is 1410. The van der Waals surface area contributed by atoms with Gasteiger partial charge in [-0.25, -0.2) is 16.3 Å². The lowest BCUT2D eigenvalue weighted by Crippen LogP contribution is -2.41. The van der Waals surface area contributed by atoms with Gasteiger partial charge in [0, 0.05) is 34.4 Å². The smallest absolute Gasteiger partial charge is 0.258 e. The van der Waals surface area contributed by atoms with Crippen molar-refractivity contribution in [2.45, 2.75) is 32.0 Å². The van der Waals surface area contributed by atoms with Gasteiger partial charge in [0.05, 0.1) is 20.4 Å². The quantitative estimate of drug-likeness (QED) is 0.281. The number of hydrazine groups is 1. The van der Waals surface area contributed by atoms with E-state index in [-0.39, 0.29) is 11.9 Å². The molecule has 0 aliphatic carbocycles. The molecular weight excluding hydrogens is 442 g/mol. The predicted molar refractivity (Wildman–Crippen MR) is 138 cm³/mol. The zero-order valence-electron chi connectivity index (χ0n) is 20.0. The number of amides is 1. The van der Waals surface area contributed by atoms with Gasteiger partial charge in [-0.3, -0.25) is 4.79 Å². The number of hydrazone groups is 1. The molecule has 3 N–H and O–H groups in total. The van der Waals surface area contributed by atoms with Gasteiger partial charge >= 0.3 is 0 Å². The van der Waals surface area contributed by atoms with Crippen molar-refractivity contribution < 1.29 is 14.3 Å². The van der Waals surface area contributed by atoms with Crippen LogP contribution in [0.1, 0.15) is 30.5 Å². The highest BCUT2D eigenvalue weighted by molar-refractivity contribution is 6.09. The molecule has 2 unspecified atom stereocenters. The van der Waals surface area contributed by atoms with Crippen molar-refractivity contribution in [3.63, 3.8) is 0 Å². The monoisotopic (exact) mass is 471 g/mol.